The van der Waals surface area contributed by atoms with Crippen molar-refractivity contribution >= 4 is 0 Å². The zero-order chi connectivity index (χ0) is 10.4. The van der Waals surface area contributed by atoms with E-state index in [0.717, 1.165) is 25.6 Å². The molecular formula is C11H21N3. The third kappa shape index (κ3) is 4.42. The maximum absolute atomic E-state index is 4.03. The molecule has 14 heavy (non-hydrogen) atoms. The minimum absolute atomic E-state index is 0.656. The van der Waals surface area contributed by atoms with Gasteiger partial charge in [-0.1, -0.05) is 20.8 Å². The number of imidazole rings is 1. The van der Waals surface area contributed by atoms with E-state index < -0.39 is 0 Å². The van der Waals surface area contributed by atoms with Crippen LogP contribution >= 0.6 is 0 Å². The van der Waals surface area contributed by atoms with Crippen LogP contribution in [0.1, 0.15) is 20.8 Å². The standard InChI is InChI=1S/C11H21N3/c1-10(2)6-13-7-11(3)8-14-5-4-12-9-14/h4-5,9-11,13H,6-8H2,1-3H3. The minimum atomic E-state index is 0.656. The van der Waals surface area contributed by atoms with Gasteiger partial charge in [0.05, 0.1) is 6.33 Å². The molecule has 0 spiro atoms. The maximum atomic E-state index is 4.03. The zero-order valence-corrected chi connectivity index (χ0v) is 9.40. The van der Waals surface area contributed by atoms with E-state index in [-0.39, 0.29) is 0 Å². The fraction of sp³-hybridized carbons (Fsp3) is 0.727. The van der Waals surface area contributed by atoms with Crippen molar-refractivity contribution in [2.24, 2.45) is 11.8 Å². The Morgan fingerprint density at radius 1 is 1.29 bits per heavy atom. The summed E-state index contributed by atoms with van der Waals surface area (Å²) >= 11 is 0. The van der Waals surface area contributed by atoms with Crippen molar-refractivity contribution in [3.63, 3.8) is 0 Å². The zero-order valence-electron chi connectivity index (χ0n) is 9.40. The molecule has 1 heterocycles. The Balaban J connectivity index is 2.13. The Labute approximate surface area is 86.5 Å². The normalized spacial score (nSPS) is 13.4. The van der Waals surface area contributed by atoms with Crippen LogP contribution in [-0.4, -0.2) is 22.6 Å². The highest BCUT2D eigenvalue weighted by Crippen LogP contribution is 1.99. The molecule has 0 fully saturated rings. The lowest BCUT2D eigenvalue weighted by molar-refractivity contribution is 0.427. The fourth-order valence-electron chi connectivity index (χ4n) is 1.44. The first-order valence-electron chi connectivity index (χ1n) is 5.35. The quantitative estimate of drug-likeness (QED) is 0.749. The average Bonchev–Trinajstić information content (AvgIpc) is 2.56. The minimum Gasteiger partial charge on any atom is -0.337 e. The third-order valence-corrected chi connectivity index (χ3v) is 2.13. The lowest BCUT2D eigenvalue weighted by Gasteiger charge is -2.14. The van der Waals surface area contributed by atoms with Gasteiger partial charge in [-0.15, -0.1) is 0 Å². The molecular weight excluding hydrogens is 174 g/mol. The predicted molar refractivity (Wildman–Crippen MR) is 59.1 cm³/mol. The molecule has 0 aliphatic heterocycles. The number of hydrogen-bond acceptors (Lipinski definition) is 2. The fourth-order valence-corrected chi connectivity index (χ4v) is 1.44. The Morgan fingerprint density at radius 3 is 2.64 bits per heavy atom. The average molecular weight is 195 g/mol. The number of rotatable bonds is 6. The van der Waals surface area contributed by atoms with Crippen molar-refractivity contribution < 1.29 is 0 Å². The Bertz CT molecular complexity index is 229. The molecule has 3 nitrogen and oxygen atoms in total. The highest BCUT2D eigenvalue weighted by molar-refractivity contribution is 4.75. The molecule has 3 heteroatoms. The number of aromatic nitrogens is 2. The van der Waals surface area contributed by atoms with Crippen molar-refractivity contribution in [1.82, 2.24) is 14.9 Å². The van der Waals surface area contributed by atoms with Gasteiger partial charge in [0.1, 0.15) is 0 Å². The van der Waals surface area contributed by atoms with E-state index in [4.69, 9.17) is 0 Å². The summed E-state index contributed by atoms with van der Waals surface area (Å²) in [4.78, 5) is 4.03. The molecule has 0 aliphatic rings. The van der Waals surface area contributed by atoms with Gasteiger partial charge in [0.25, 0.3) is 0 Å². The van der Waals surface area contributed by atoms with Gasteiger partial charge in [-0.05, 0) is 24.9 Å². The maximum Gasteiger partial charge on any atom is 0.0946 e. The van der Waals surface area contributed by atoms with Crippen LogP contribution in [0, 0.1) is 11.8 Å². The van der Waals surface area contributed by atoms with Crippen LogP contribution in [0.25, 0.3) is 0 Å². The monoisotopic (exact) mass is 195 g/mol. The van der Waals surface area contributed by atoms with Gasteiger partial charge in [-0.3, -0.25) is 0 Å². The van der Waals surface area contributed by atoms with Crippen molar-refractivity contribution in [1.29, 1.82) is 0 Å². The number of nitrogens with one attached hydrogen (secondary N) is 1. The molecule has 0 aliphatic carbocycles. The van der Waals surface area contributed by atoms with Gasteiger partial charge in [0.2, 0.25) is 0 Å². The number of hydrogen-bond donors (Lipinski definition) is 1. The molecule has 80 valence electrons. The van der Waals surface area contributed by atoms with Crippen LogP contribution in [0.2, 0.25) is 0 Å². The van der Waals surface area contributed by atoms with Crippen LogP contribution in [0.3, 0.4) is 0 Å². The van der Waals surface area contributed by atoms with E-state index >= 15 is 0 Å². The summed E-state index contributed by atoms with van der Waals surface area (Å²) in [6, 6.07) is 0. The van der Waals surface area contributed by atoms with Crippen molar-refractivity contribution in [2.45, 2.75) is 27.3 Å². The van der Waals surface area contributed by atoms with Crippen LogP contribution in [0.4, 0.5) is 0 Å². The molecule has 0 amide bonds. The second-order valence-corrected chi connectivity index (χ2v) is 4.42. The molecule has 1 unspecified atom stereocenters. The van der Waals surface area contributed by atoms with Crippen LogP contribution in [0.5, 0.6) is 0 Å². The lowest BCUT2D eigenvalue weighted by Crippen LogP contribution is -2.27. The second-order valence-electron chi connectivity index (χ2n) is 4.42. The molecule has 1 aromatic rings. The van der Waals surface area contributed by atoms with Crippen LogP contribution in [-0.2, 0) is 6.54 Å². The predicted octanol–water partition coefficient (Wildman–Crippen LogP) is 1.76. The first kappa shape index (κ1) is 11.2. The van der Waals surface area contributed by atoms with E-state index in [1.807, 2.05) is 18.7 Å². The van der Waals surface area contributed by atoms with E-state index in [1.54, 1.807) is 0 Å². The summed E-state index contributed by atoms with van der Waals surface area (Å²) in [6.45, 7) is 9.95. The van der Waals surface area contributed by atoms with E-state index in [0.29, 0.717) is 5.92 Å². The summed E-state index contributed by atoms with van der Waals surface area (Å²) in [7, 11) is 0. The molecule has 0 radical (unpaired) electrons. The van der Waals surface area contributed by atoms with Gasteiger partial charge in [-0.25, -0.2) is 4.98 Å². The molecule has 0 saturated carbocycles. The first-order valence-corrected chi connectivity index (χ1v) is 5.35. The molecule has 0 saturated heterocycles. The summed E-state index contributed by atoms with van der Waals surface area (Å²) in [6.07, 6.45) is 5.71. The van der Waals surface area contributed by atoms with E-state index in [1.165, 1.54) is 0 Å². The molecule has 1 N–H and O–H groups in total. The van der Waals surface area contributed by atoms with Crippen molar-refractivity contribution in [3.8, 4) is 0 Å². The molecule has 0 bridgehead atoms. The molecule has 0 aromatic carbocycles. The van der Waals surface area contributed by atoms with Gasteiger partial charge in [0, 0.05) is 18.9 Å². The Kier molecular flexibility index (Phi) is 4.66. The van der Waals surface area contributed by atoms with Gasteiger partial charge >= 0.3 is 0 Å². The van der Waals surface area contributed by atoms with E-state index in [9.17, 15) is 0 Å². The van der Waals surface area contributed by atoms with Crippen molar-refractivity contribution in [3.05, 3.63) is 18.7 Å². The second kappa shape index (κ2) is 5.81. The van der Waals surface area contributed by atoms with Crippen LogP contribution in [0.15, 0.2) is 18.7 Å². The Hall–Kier alpha value is -0.830. The smallest absolute Gasteiger partial charge is 0.0946 e. The van der Waals surface area contributed by atoms with Gasteiger partial charge in [0.15, 0.2) is 0 Å². The topological polar surface area (TPSA) is 29.9 Å². The highest BCUT2D eigenvalue weighted by atomic mass is 15.0. The molecule has 1 atom stereocenters. The number of nitrogens with zero attached hydrogens (tertiary/aromatic N) is 2. The summed E-state index contributed by atoms with van der Waals surface area (Å²) in [5.41, 5.74) is 0. The van der Waals surface area contributed by atoms with Gasteiger partial charge < -0.3 is 9.88 Å². The van der Waals surface area contributed by atoms with Crippen molar-refractivity contribution in [2.75, 3.05) is 13.1 Å². The molecule has 1 rings (SSSR count). The van der Waals surface area contributed by atoms with E-state index in [2.05, 4.69) is 35.6 Å². The van der Waals surface area contributed by atoms with Gasteiger partial charge in [-0.2, -0.15) is 0 Å². The summed E-state index contributed by atoms with van der Waals surface area (Å²) in [5.74, 6) is 1.39. The largest absolute Gasteiger partial charge is 0.337 e. The Morgan fingerprint density at radius 2 is 2.07 bits per heavy atom. The summed E-state index contributed by atoms with van der Waals surface area (Å²) in [5, 5.41) is 3.46. The third-order valence-electron chi connectivity index (χ3n) is 2.13. The van der Waals surface area contributed by atoms with Crippen LogP contribution < -0.4 is 5.32 Å². The molecule has 1 aromatic heterocycles. The highest BCUT2D eigenvalue weighted by Gasteiger charge is 2.02. The lowest BCUT2D eigenvalue weighted by atomic mass is 10.1. The SMILES string of the molecule is CC(C)CNCC(C)Cn1ccnc1. The summed E-state index contributed by atoms with van der Waals surface area (Å²) < 4.78 is 2.13. The first-order chi connectivity index (χ1) is 6.68.